The van der Waals surface area contributed by atoms with Crippen molar-refractivity contribution in [3.8, 4) is 0 Å². The van der Waals surface area contributed by atoms with Gasteiger partial charge in [-0.2, -0.15) is 0 Å². The molecule has 1 aliphatic heterocycles. The second kappa shape index (κ2) is 2.33. The van der Waals surface area contributed by atoms with E-state index in [1.807, 2.05) is 0 Å². The fourth-order valence-electron chi connectivity index (χ4n) is 1.20. The van der Waals surface area contributed by atoms with Gasteiger partial charge < -0.3 is 5.32 Å². The number of benzene rings is 1. The van der Waals surface area contributed by atoms with E-state index >= 15 is 0 Å². The van der Waals surface area contributed by atoms with E-state index in [9.17, 15) is 0 Å². The topological polar surface area (TPSA) is 12.0 Å². The zero-order chi connectivity index (χ0) is 6.81. The maximum atomic E-state index is 3.25. The smallest absolute Gasteiger partial charge is 0.0373 e. The van der Waals surface area contributed by atoms with Gasteiger partial charge in [0.25, 0.3) is 0 Å². The van der Waals surface area contributed by atoms with Gasteiger partial charge >= 0.3 is 0 Å². The maximum absolute atomic E-state index is 3.25. The molecular weight excluding hydrogens is 122 g/mol. The monoisotopic (exact) mass is 131 g/mol. The summed E-state index contributed by atoms with van der Waals surface area (Å²) in [7, 11) is 0. The highest BCUT2D eigenvalue weighted by Gasteiger charge is 2.05. The third-order valence-corrected chi connectivity index (χ3v) is 1.74. The van der Waals surface area contributed by atoms with E-state index in [4.69, 9.17) is 0 Å². The predicted octanol–water partition coefficient (Wildman–Crippen LogP) is 1.74. The molecule has 10 heavy (non-hydrogen) atoms. The van der Waals surface area contributed by atoms with Gasteiger partial charge in [-0.25, -0.2) is 0 Å². The summed E-state index contributed by atoms with van der Waals surface area (Å²) in [5, 5.41) is 3.25. The lowest BCUT2D eigenvalue weighted by molar-refractivity contribution is 1.02. The number of para-hydroxylation sites is 1. The molecule has 0 aliphatic carbocycles. The van der Waals surface area contributed by atoms with E-state index in [1.165, 1.54) is 11.3 Å². The SMILES string of the molecule is [C]1CNc2ccccc2C1. The fraction of sp³-hybridized carbons (Fsp3) is 0.222. The molecule has 1 N–H and O–H groups in total. The van der Waals surface area contributed by atoms with Gasteiger partial charge in [-0.05, 0) is 18.1 Å². The number of anilines is 1. The maximum Gasteiger partial charge on any atom is 0.0373 e. The molecule has 1 heteroatoms. The molecule has 2 rings (SSSR count). The number of rotatable bonds is 0. The second-order valence-corrected chi connectivity index (χ2v) is 2.44. The normalized spacial score (nSPS) is 15.6. The van der Waals surface area contributed by atoms with Crippen molar-refractivity contribution in [1.82, 2.24) is 0 Å². The lowest BCUT2D eigenvalue weighted by Crippen LogP contribution is -2.11. The molecule has 0 aromatic heterocycles. The molecule has 0 unspecified atom stereocenters. The predicted molar refractivity (Wildman–Crippen MR) is 41.9 cm³/mol. The van der Waals surface area contributed by atoms with Crippen LogP contribution in [0.1, 0.15) is 5.56 Å². The lowest BCUT2D eigenvalue weighted by atomic mass is 10.0. The Labute approximate surface area is 61.1 Å². The van der Waals surface area contributed by atoms with Crippen LogP contribution in [0, 0.1) is 6.42 Å². The average molecular weight is 131 g/mol. The van der Waals surface area contributed by atoms with Crippen LogP contribution >= 0.6 is 0 Å². The van der Waals surface area contributed by atoms with Gasteiger partial charge in [0.15, 0.2) is 0 Å². The molecule has 0 fully saturated rings. The summed E-state index contributed by atoms with van der Waals surface area (Å²) in [6.07, 6.45) is 4.22. The van der Waals surface area contributed by atoms with Crippen molar-refractivity contribution in [1.29, 1.82) is 0 Å². The van der Waals surface area contributed by atoms with Crippen LogP contribution in [0.4, 0.5) is 5.69 Å². The fourth-order valence-corrected chi connectivity index (χ4v) is 1.20. The van der Waals surface area contributed by atoms with Crippen molar-refractivity contribution in [2.75, 3.05) is 11.9 Å². The Morgan fingerprint density at radius 2 is 2.20 bits per heavy atom. The first kappa shape index (κ1) is 5.78. The van der Waals surface area contributed by atoms with E-state index in [0.29, 0.717) is 0 Å². The summed E-state index contributed by atoms with van der Waals surface area (Å²) in [5.74, 6) is 0. The minimum absolute atomic E-state index is 0.886. The molecule has 0 saturated carbocycles. The van der Waals surface area contributed by atoms with Crippen molar-refractivity contribution in [3.05, 3.63) is 36.2 Å². The Balaban J connectivity index is 2.41. The van der Waals surface area contributed by atoms with Gasteiger partial charge in [0.05, 0.1) is 0 Å². The van der Waals surface area contributed by atoms with Crippen LogP contribution in [-0.4, -0.2) is 6.54 Å². The molecule has 0 saturated heterocycles. The Hall–Kier alpha value is -0.980. The minimum atomic E-state index is 0.886. The Morgan fingerprint density at radius 3 is 3.10 bits per heavy atom. The zero-order valence-corrected chi connectivity index (χ0v) is 5.72. The third-order valence-electron chi connectivity index (χ3n) is 1.74. The van der Waals surface area contributed by atoms with Crippen molar-refractivity contribution in [2.45, 2.75) is 6.42 Å². The van der Waals surface area contributed by atoms with Crippen LogP contribution in [-0.2, 0) is 6.42 Å². The molecule has 2 radical (unpaired) electrons. The molecule has 1 aromatic rings. The first-order chi connectivity index (χ1) is 4.97. The van der Waals surface area contributed by atoms with Crippen molar-refractivity contribution >= 4 is 5.69 Å². The van der Waals surface area contributed by atoms with E-state index in [0.717, 1.165) is 13.0 Å². The number of fused-ring (bicyclic) bond motifs is 1. The Kier molecular flexibility index (Phi) is 1.35. The highest BCUT2D eigenvalue weighted by Crippen LogP contribution is 2.19. The van der Waals surface area contributed by atoms with Crippen LogP contribution in [0.5, 0.6) is 0 Å². The van der Waals surface area contributed by atoms with Crippen molar-refractivity contribution in [3.63, 3.8) is 0 Å². The molecule has 50 valence electrons. The number of nitrogens with one attached hydrogen (secondary N) is 1. The third kappa shape index (κ3) is 0.878. The van der Waals surface area contributed by atoms with Crippen LogP contribution in [0.2, 0.25) is 0 Å². The number of hydrogen-bond donors (Lipinski definition) is 1. The summed E-state index contributed by atoms with van der Waals surface area (Å²) >= 11 is 0. The van der Waals surface area contributed by atoms with Crippen molar-refractivity contribution in [2.24, 2.45) is 0 Å². The van der Waals surface area contributed by atoms with E-state index in [1.54, 1.807) is 0 Å². The molecule has 0 spiro atoms. The summed E-state index contributed by atoms with van der Waals surface area (Å²) in [4.78, 5) is 0. The molecule has 0 atom stereocenters. The van der Waals surface area contributed by atoms with Gasteiger partial charge in [-0.1, -0.05) is 18.2 Å². The van der Waals surface area contributed by atoms with E-state index < -0.39 is 0 Å². The minimum Gasteiger partial charge on any atom is -0.384 e. The lowest BCUT2D eigenvalue weighted by Gasteiger charge is -2.16. The quantitative estimate of drug-likeness (QED) is 0.565. The van der Waals surface area contributed by atoms with Crippen LogP contribution in [0.3, 0.4) is 0 Å². The van der Waals surface area contributed by atoms with Crippen molar-refractivity contribution < 1.29 is 0 Å². The molecule has 0 amide bonds. The van der Waals surface area contributed by atoms with Crippen LogP contribution < -0.4 is 5.32 Å². The second-order valence-electron chi connectivity index (χ2n) is 2.44. The summed E-state index contributed by atoms with van der Waals surface area (Å²) < 4.78 is 0. The van der Waals surface area contributed by atoms with E-state index in [2.05, 4.69) is 36.0 Å². The molecule has 1 aliphatic rings. The summed E-state index contributed by atoms with van der Waals surface area (Å²) in [5.41, 5.74) is 2.62. The van der Waals surface area contributed by atoms with Gasteiger partial charge in [0, 0.05) is 18.7 Å². The molecule has 1 nitrogen and oxygen atoms in total. The largest absolute Gasteiger partial charge is 0.384 e. The summed E-state index contributed by atoms with van der Waals surface area (Å²) in [6, 6.07) is 8.36. The standard InChI is InChI=1S/C9H9N/c1-2-6-9-8(4-1)5-3-7-10-9/h1-2,4,6,10H,5,7H2. The molecule has 1 aromatic carbocycles. The molecule has 0 bridgehead atoms. The number of hydrogen-bond acceptors (Lipinski definition) is 1. The first-order valence-electron chi connectivity index (χ1n) is 3.49. The van der Waals surface area contributed by atoms with Crippen LogP contribution in [0.25, 0.3) is 0 Å². The van der Waals surface area contributed by atoms with Gasteiger partial charge in [-0.15, -0.1) is 0 Å². The average Bonchev–Trinajstić information content (AvgIpc) is 2.05. The Bertz CT molecular complexity index is 205. The van der Waals surface area contributed by atoms with Crippen LogP contribution in [0.15, 0.2) is 24.3 Å². The summed E-state index contributed by atoms with van der Waals surface area (Å²) in [6.45, 7) is 0.886. The zero-order valence-electron chi connectivity index (χ0n) is 5.72. The highest BCUT2D eigenvalue weighted by atomic mass is 14.9. The Morgan fingerprint density at radius 1 is 1.30 bits per heavy atom. The molecule has 1 heterocycles. The van der Waals surface area contributed by atoms with E-state index in [-0.39, 0.29) is 0 Å². The van der Waals surface area contributed by atoms with Gasteiger partial charge in [-0.3, -0.25) is 0 Å². The highest BCUT2D eigenvalue weighted by molar-refractivity contribution is 5.53. The van der Waals surface area contributed by atoms with Gasteiger partial charge in [0.2, 0.25) is 0 Å². The first-order valence-corrected chi connectivity index (χ1v) is 3.49. The molecular formula is C9H9N. The van der Waals surface area contributed by atoms with Gasteiger partial charge in [0.1, 0.15) is 0 Å².